The summed E-state index contributed by atoms with van der Waals surface area (Å²) in [5, 5.41) is 2.68. The van der Waals surface area contributed by atoms with E-state index in [1.807, 2.05) is 30.3 Å². The van der Waals surface area contributed by atoms with Gasteiger partial charge in [-0.3, -0.25) is 4.79 Å². The molecule has 0 aromatic heterocycles. The molecule has 2 atom stereocenters. The molecule has 2 aromatic carbocycles. The molecule has 3 N–H and O–H groups in total. The molecule has 0 radical (unpaired) electrons. The maximum absolute atomic E-state index is 13.6. The second kappa shape index (κ2) is 6.21. The fourth-order valence-corrected chi connectivity index (χ4v) is 2.46. The maximum atomic E-state index is 13.6. The minimum absolute atomic E-state index is 0.0598. The molecule has 0 spiro atoms. The van der Waals surface area contributed by atoms with Crippen LogP contribution in [0.1, 0.15) is 28.4 Å². The molecule has 1 amide bonds. The number of hydrogen-bond acceptors (Lipinski definition) is 3. The predicted molar refractivity (Wildman–Crippen MR) is 77.7 cm³/mol. The van der Waals surface area contributed by atoms with E-state index in [9.17, 15) is 13.6 Å². The summed E-state index contributed by atoms with van der Waals surface area (Å²) in [5.41, 5.74) is 6.97. The van der Waals surface area contributed by atoms with Crippen LogP contribution in [0.5, 0.6) is 0 Å². The first kappa shape index (κ1) is 14.6. The molecule has 1 fully saturated rings. The summed E-state index contributed by atoms with van der Waals surface area (Å²) in [5.74, 6) is -2.16. The van der Waals surface area contributed by atoms with Gasteiger partial charge in [-0.15, -0.1) is 0 Å². The summed E-state index contributed by atoms with van der Waals surface area (Å²) in [7, 11) is 0. The van der Waals surface area contributed by atoms with E-state index in [1.165, 1.54) is 0 Å². The first-order chi connectivity index (χ1) is 10.6. The Morgan fingerprint density at radius 2 is 1.86 bits per heavy atom. The van der Waals surface area contributed by atoms with Crippen molar-refractivity contribution in [3.05, 3.63) is 71.3 Å². The van der Waals surface area contributed by atoms with Crippen LogP contribution in [0.25, 0.3) is 0 Å². The number of carbonyl (C=O) groups excluding carboxylic acids is 1. The molecule has 0 saturated carbocycles. The van der Waals surface area contributed by atoms with Gasteiger partial charge in [0.2, 0.25) is 0 Å². The quantitative estimate of drug-likeness (QED) is 0.815. The van der Waals surface area contributed by atoms with Crippen molar-refractivity contribution in [2.45, 2.75) is 18.6 Å². The van der Waals surface area contributed by atoms with E-state index in [0.29, 0.717) is 12.5 Å². The van der Waals surface area contributed by atoms with Gasteiger partial charge in [0, 0.05) is 18.5 Å². The normalized spacial score (nSPS) is 20.8. The average Bonchev–Trinajstić information content (AvgIpc) is 2.96. The maximum Gasteiger partial charge on any atom is 0.255 e. The van der Waals surface area contributed by atoms with Gasteiger partial charge in [-0.1, -0.05) is 30.3 Å². The Balaban J connectivity index is 1.64. The van der Waals surface area contributed by atoms with E-state index >= 15 is 0 Å². The van der Waals surface area contributed by atoms with Gasteiger partial charge in [0.15, 0.2) is 0 Å². The molecule has 0 aliphatic carbocycles. The van der Waals surface area contributed by atoms with Crippen LogP contribution >= 0.6 is 0 Å². The minimum Gasteiger partial charge on any atom is -0.335 e. The number of halogens is 2. The van der Waals surface area contributed by atoms with Crippen molar-refractivity contribution in [1.82, 2.24) is 16.2 Å². The Bertz CT molecular complexity index is 678. The van der Waals surface area contributed by atoms with E-state index < -0.39 is 17.5 Å². The van der Waals surface area contributed by atoms with Crippen molar-refractivity contribution in [2.75, 3.05) is 0 Å². The van der Waals surface area contributed by atoms with Crippen LogP contribution in [-0.4, -0.2) is 12.1 Å². The highest BCUT2D eigenvalue weighted by Gasteiger charge is 2.26. The number of hydrogen-bond donors (Lipinski definition) is 3. The van der Waals surface area contributed by atoms with Crippen LogP contribution in [0.2, 0.25) is 0 Å². The van der Waals surface area contributed by atoms with Crippen LogP contribution in [0.15, 0.2) is 48.5 Å². The van der Waals surface area contributed by atoms with Gasteiger partial charge in [0.05, 0.1) is 11.7 Å². The number of nitrogens with one attached hydrogen (secondary N) is 3. The van der Waals surface area contributed by atoms with Gasteiger partial charge in [-0.05, 0) is 17.7 Å². The Labute approximate surface area is 126 Å². The SMILES string of the molecule is O=C(NC1CC(c2ccccc2)NN1)c1ccc(F)cc1F. The van der Waals surface area contributed by atoms with Gasteiger partial charge >= 0.3 is 0 Å². The van der Waals surface area contributed by atoms with Crippen molar-refractivity contribution >= 4 is 5.91 Å². The van der Waals surface area contributed by atoms with Crippen LogP contribution in [0, 0.1) is 11.6 Å². The van der Waals surface area contributed by atoms with Crippen LogP contribution < -0.4 is 16.2 Å². The topological polar surface area (TPSA) is 53.2 Å². The van der Waals surface area contributed by atoms with Crippen LogP contribution in [0.3, 0.4) is 0 Å². The van der Waals surface area contributed by atoms with Gasteiger partial charge in [-0.2, -0.15) is 0 Å². The number of rotatable bonds is 3. The lowest BCUT2D eigenvalue weighted by atomic mass is 10.0. The number of amides is 1. The van der Waals surface area contributed by atoms with E-state index in [0.717, 1.165) is 17.7 Å². The minimum atomic E-state index is -0.872. The third-order valence-electron chi connectivity index (χ3n) is 3.59. The van der Waals surface area contributed by atoms with Gasteiger partial charge < -0.3 is 5.32 Å². The summed E-state index contributed by atoms with van der Waals surface area (Å²) in [4.78, 5) is 12.0. The lowest BCUT2D eigenvalue weighted by Crippen LogP contribution is -2.44. The second-order valence-electron chi connectivity index (χ2n) is 5.14. The van der Waals surface area contributed by atoms with Crippen molar-refractivity contribution in [1.29, 1.82) is 0 Å². The average molecular weight is 303 g/mol. The summed E-state index contributed by atoms with van der Waals surface area (Å²) in [6, 6.07) is 12.7. The fraction of sp³-hybridized carbons (Fsp3) is 0.188. The summed E-state index contributed by atoms with van der Waals surface area (Å²) < 4.78 is 26.4. The first-order valence-electron chi connectivity index (χ1n) is 6.95. The standard InChI is InChI=1S/C16H15F2N3O/c17-11-6-7-12(13(18)8-11)16(22)19-15-9-14(20-21-15)10-4-2-1-3-5-10/h1-8,14-15,20-21H,9H2,(H,19,22). The highest BCUT2D eigenvalue weighted by Crippen LogP contribution is 2.21. The molecule has 2 aromatic rings. The highest BCUT2D eigenvalue weighted by atomic mass is 19.1. The van der Waals surface area contributed by atoms with E-state index in [2.05, 4.69) is 16.2 Å². The molecular weight excluding hydrogens is 288 g/mol. The van der Waals surface area contributed by atoms with Gasteiger partial charge in [0.1, 0.15) is 11.6 Å². The van der Waals surface area contributed by atoms with Crippen LogP contribution in [-0.2, 0) is 0 Å². The zero-order chi connectivity index (χ0) is 15.5. The van der Waals surface area contributed by atoms with E-state index in [1.54, 1.807) is 0 Å². The molecule has 4 nitrogen and oxygen atoms in total. The number of carbonyl (C=O) groups is 1. The zero-order valence-corrected chi connectivity index (χ0v) is 11.6. The Hall–Kier alpha value is -2.31. The Morgan fingerprint density at radius 3 is 2.59 bits per heavy atom. The van der Waals surface area contributed by atoms with E-state index in [4.69, 9.17) is 0 Å². The van der Waals surface area contributed by atoms with Gasteiger partial charge in [0.25, 0.3) is 5.91 Å². The smallest absolute Gasteiger partial charge is 0.255 e. The third kappa shape index (κ3) is 3.13. The Kier molecular flexibility index (Phi) is 4.13. The molecule has 1 aliphatic heterocycles. The summed E-state index contributed by atoms with van der Waals surface area (Å²) in [6.45, 7) is 0. The van der Waals surface area contributed by atoms with Gasteiger partial charge in [-0.25, -0.2) is 19.6 Å². The van der Waals surface area contributed by atoms with Crippen LogP contribution in [0.4, 0.5) is 8.78 Å². The molecule has 114 valence electrons. The lowest BCUT2D eigenvalue weighted by molar-refractivity contribution is 0.0928. The van der Waals surface area contributed by atoms with Crippen molar-refractivity contribution < 1.29 is 13.6 Å². The lowest BCUT2D eigenvalue weighted by Gasteiger charge is -2.12. The molecule has 2 unspecified atom stereocenters. The monoisotopic (exact) mass is 303 g/mol. The molecule has 0 bridgehead atoms. The fourth-order valence-electron chi connectivity index (χ4n) is 2.46. The predicted octanol–water partition coefficient (Wildman–Crippen LogP) is 2.26. The van der Waals surface area contributed by atoms with E-state index in [-0.39, 0.29) is 17.8 Å². The van der Waals surface area contributed by atoms with Crippen molar-refractivity contribution in [2.24, 2.45) is 0 Å². The molecule has 3 rings (SSSR count). The molecule has 22 heavy (non-hydrogen) atoms. The first-order valence-corrected chi connectivity index (χ1v) is 6.95. The third-order valence-corrected chi connectivity index (χ3v) is 3.59. The summed E-state index contributed by atoms with van der Waals surface area (Å²) >= 11 is 0. The molecule has 1 heterocycles. The zero-order valence-electron chi connectivity index (χ0n) is 11.6. The Morgan fingerprint density at radius 1 is 1.09 bits per heavy atom. The van der Waals surface area contributed by atoms with Crippen molar-refractivity contribution in [3.63, 3.8) is 0 Å². The molecular formula is C16H15F2N3O. The molecule has 1 saturated heterocycles. The number of hydrazine groups is 1. The largest absolute Gasteiger partial charge is 0.335 e. The highest BCUT2D eigenvalue weighted by molar-refractivity contribution is 5.94. The molecule has 6 heteroatoms. The molecule has 1 aliphatic rings. The number of benzene rings is 2. The van der Waals surface area contributed by atoms with Crippen molar-refractivity contribution in [3.8, 4) is 0 Å². The summed E-state index contributed by atoms with van der Waals surface area (Å²) in [6.07, 6.45) is 0.292. The second-order valence-corrected chi connectivity index (χ2v) is 5.14.